The maximum Gasteiger partial charge on any atom is 0.578 e. The SMILES string of the molecule is CC(C)O[Si](OC(C)C)OC(C)C. The highest BCUT2D eigenvalue weighted by Gasteiger charge is 2.23. The zero-order valence-electron chi connectivity index (χ0n) is 9.46. The first kappa shape index (κ1) is 13.1. The Hall–Kier alpha value is 0.0969. The molecule has 0 spiro atoms. The second kappa shape index (κ2) is 6.54. The minimum absolute atomic E-state index is 0.159. The van der Waals surface area contributed by atoms with Crippen molar-refractivity contribution < 1.29 is 13.3 Å². The molecule has 0 aliphatic rings. The number of hydrogen-bond acceptors (Lipinski definition) is 3. The second-order valence-electron chi connectivity index (χ2n) is 3.75. The number of hydrogen-bond donors (Lipinski definition) is 0. The molecule has 0 aromatic rings. The highest BCUT2D eigenvalue weighted by atomic mass is 28.3. The van der Waals surface area contributed by atoms with E-state index in [1.54, 1.807) is 0 Å². The van der Waals surface area contributed by atoms with E-state index in [9.17, 15) is 0 Å². The van der Waals surface area contributed by atoms with Crippen LogP contribution in [0, 0.1) is 0 Å². The van der Waals surface area contributed by atoms with Crippen LogP contribution in [0.2, 0.25) is 0 Å². The van der Waals surface area contributed by atoms with Crippen LogP contribution in [0.15, 0.2) is 0 Å². The largest absolute Gasteiger partial charge is 0.578 e. The summed E-state index contributed by atoms with van der Waals surface area (Å²) in [5, 5.41) is 0. The fraction of sp³-hybridized carbons (Fsp3) is 1.00. The van der Waals surface area contributed by atoms with Gasteiger partial charge in [0.15, 0.2) is 0 Å². The lowest BCUT2D eigenvalue weighted by molar-refractivity contribution is 0.0335. The molecule has 0 heterocycles. The van der Waals surface area contributed by atoms with E-state index < -0.39 is 9.53 Å². The Bertz CT molecular complexity index is 102. The molecule has 1 radical (unpaired) electrons. The van der Waals surface area contributed by atoms with Gasteiger partial charge in [-0.05, 0) is 41.5 Å². The van der Waals surface area contributed by atoms with E-state index in [2.05, 4.69) is 0 Å². The Balaban J connectivity index is 3.87. The molecule has 0 aliphatic carbocycles. The van der Waals surface area contributed by atoms with Crippen molar-refractivity contribution in [2.24, 2.45) is 0 Å². The van der Waals surface area contributed by atoms with Crippen molar-refractivity contribution in [2.45, 2.75) is 59.9 Å². The second-order valence-corrected chi connectivity index (χ2v) is 4.96. The Morgan fingerprint density at radius 2 is 0.846 bits per heavy atom. The van der Waals surface area contributed by atoms with Gasteiger partial charge in [-0.25, -0.2) is 0 Å². The molecule has 0 fully saturated rings. The molecule has 79 valence electrons. The van der Waals surface area contributed by atoms with Gasteiger partial charge in [-0.3, -0.25) is 0 Å². The summed E-state index contributed by atoms with van der Waals surface area (Å²) < 4.78 is 16.6. The zero-order valence-corrected chi connectivity index (χ0v) is 10.5. The topological polar surface area (TPSA) is 27.7 Å². The summed E-state index contributed by atoms with van der Waals surface area (Å²) in [6, 6.07) is 0. The van der Waals surface area contributed by atoms with E-state index in [1.807, 2.05) is 41.5 Å². The highest BCUT2D eigenvalue weighted by Crippen LogP contribution is 2.04. The van der Waals surface area contributed by atoms with Gasteiger partial charge in [0.05, 0.1) is 0 Å². The molecule has 0 aliphatic heterocycles. The molecule has 0 rings (SSSR count). The van der Waals surface area contributed by atoms with Crippen LogP contribution in [0.1, 0.15) is 41.5 Å². The van der Waals surface area contributed by atoms with Crippen LogP contribution in [0.5, 0.6) is 0 Å². The normalized spacial score (nSPS) is 12.5. The van der Waals surface area contributed by atoms with Crippen LogP contribution in [0.3, 0.4) is 0 Å². The molecule has 0 saturated carbocycles. The van der Waals surface area contributed by atoms with E-state index >= 15 is 0 Å². The molecular weight excluding hydrogens is 184 g/mol. The third kappa shape index (κ3) is 8.43. The van der Waals surface area contributed by atoms with Crippen LogP contribution >= 0.6 is 0 Å². The minimum atomic E-state index is -1.54. The third-order valence-electron chi connectivity index (χ3n) is 0.996. The average molecular weight is 205 g/mol. The van der Waals surface area contributed by atoms with Gasteiger partial charge in [0.1, 0.15) is 0 Å². The lowest BCUT2D eigenvalue weighted by Gasteiger charge is -2.20. The molecule has 0 unspecified atom stereocenters. The molecule has 0 atom stereocenters. The monoisotopic (exact) mass is 205 g/mol. The van der Waals surface area contributed by atoms with Crippen LogP contribution in [0.25, 0.3) is 0 Å². The van der Waals surface area contributed by atoms with Crippen molar-refractivity contribution in [3.8, 4) is 0 Å². The first-order valence-electron chi connectivity index (χ1n) is 4.78. The Morgan fingerprint density at radius 1 is 0.615 bits per heavy atom. The summed E-state index contributed by atoms with van der Waals surface area (Å²) in [6.07, 6.45) is 0.476. The zero-order chi connectivity index (χ0) is 10.4. The molecule has 3 nitrogen and oxygen atoms in total. The molecule has 0 aromatic carbocycles. The summed E-state index contributed by atoms with van der Waals surface area (Å²) in [6.45, 7) is 11.9. The van der Waals surface area contributed by atoms with Crippen LogP contribution < -0.4 is 0 Å². The maximum absolute atomic E-state index is 5.53. The van der Waals surface area contributed by atoms with Crippen molar-refractivity contribution in [1.29, 1.82) is 0 Å². The first-order chi connectivity index (χ1) is 5.91. The van der Waals surface area contributed by atoms with Gasteiger partial charge in [-0.2, -0.15) is 0 Å². The van der Waals surface area contributed by atoms with Gasteiger partial charge < -0.3 is 13.3 Å². The van der Waals surface area contributed by atoms with Crippen molar-refractivity contribution in [3.63, 3.8) is 0 Å². The Labute approximate surface area is 83.3 Å². The minimum Gasteiger partial charge on any atom is -0.369 e. The van der Waals surface area contributed by atoms with Crippen molar-refractivity contribution in [3.05, 3.63) is 0 Å². The molecule has 4 heteroatoms. The van der Waals surface area contributed by atoms with E-state index in [0.29, 0.717) is 0 Å². The molecule has 0 saturated heterocycles. The van der Waals surface area contributed by atoms with Gasteiger partial charge >= 0.3 is 9.53 Å². The number of rotatable bonds is 6. The third-order valence-corrected chi connectivity index (χ3v) is 2.99. The van der Waals surface area contributed by atoms with Gasteiger partial charge in [0, 0.05) is 18.3 Å². The lowest BCUT2D eigenvalue weighted by Crippen LogP contribution is -2.34. The Morgan fingerprint density at radius 3 is 1.00 bits per heavy atom. The highest BCUT2D eigenvalue weighted by molar-refractivity contribution is 6.36. The van der Waals surface area contributed by atoms with Gasteiger partial charge in [-0.1, -0.05) is 0 Å². The average Bonchev–Trinajstić information content (AvgIpc) is 1.80. The predicted octanol–water partition coefficient (Wildman–Crippen LogP) is 2.25. The van der Waals surface area contributed by atoms with E-state index in [0.717, 1.165) is 0 Å². The smallest absolute Gasteiger partial charge is 0.369 e. The summed E-state index contributed by atoms with van der Waals surface area (Å²) in [7, 11) is -1.54. The Kier molecular flexibility index (Phi) is 6.58. The molecule has 0 bridgehead atoms. The van der Waals surface area contributed by atoms with E-state index in [4.69, 9.17) is 13.3 Å². The maximum atomic E-state index is 5.53. The van der Waals surface area contributed by atoms with E-state index in [-0.39, 0.29) is 18.3 Å². The van der Waals surface area contributed by atoms with Gasteiger partial charge in [-0.15, -0.1) is 0 Å². The van der Waals surface area contributed by atoms with E-state index in [1.165, 1.54) is 0 Å². The quantitative estimate of drug-likeness (QED) is 0.622. The van der Waals surface area contributed by atoms with Gasteiger partial charge in [0.25, 0.3) is 0 Å². The summed E-state index contributed by atoms with van der Waals surface area (Å²) >= 11 is 0. The predicted molar refractivity (Wildman–Crippen MR) is 54.4 cm³/mol. The van der Waals surface area contributed by atoms with Crippen molar-refractivity contribution in [2.75, 3.05) is 0 Å². The summed E-state index contributed by atoms with van der Waals surface area (Å²) in [5.74, 6) is 0. The molecule has 0 aromatic heterocycles. The van der Waals surface area contributed by atoms with Crippen molar-refractivity contribution >= 4 is 9.53 Å². The summed E-state index contributed by atoms with van der Waals surface area (Å²) in [5.41, 5.74) is 0. The molecule has 0 N–H and O–H groups in total. The van der Waals surface area contributed by atoms with Crippen LogP contribution in [-0.2, 0) is 13.3 Å². The fourth-order valence-corrected chi connectivity index (χ4v) is 1.98. The standard InChI is InChI=1S/C9H21O3Si/c1-7(2)10-13(11-8(3)4)12-9(5)6/h7-9H,1-6H3. The van der Waals surface area contributed by atoms with Crippen LogP contribution in [-0.4, -0.2) is 27.8 Å². The fourth-order valence-electron chi connectivity index (χ4n) is 0.661. The molecule has 0 amide bonds. The van der Waals surface area contributed by atoms with Crippen molar-refractivity contribution in [1.82, 2.24) is 0 Å². The van der Waals surface area contributed by atoms with Gasteiger partial charge in [0.2, 0.25) is 0 Å². The summed E-state index contributed by atoms with van der Waals surface area (Å²) in [4.78, 5) is 0. The first-order valence-corrected chi connectivity index (χ1v) is 6.01. The molecule has 13 heavy (non-hydrogen) atoms. The molecular formula is C9H21O3Si. The van der Waals surface area contributed by atoms with Crippen LogP contribution in [0.4, 0.5) is 0 Å². The lowest BCUT2D eigenvalue weighted by atomic mass is 10.5.